The Bertz CT molecular complexity index is 936. The van der Waals surface area contributed by atoms with Gasteiger partial charge in [-0.25, -0.2) is 0 Å². The second kappa shape index (κ2) is 8.09. The van der Waals surface area contributed by atoms with E-state index in [9.17, 15) is 9.59 Å². The molecule has 7 heteroatoms. The lowest BCUT2D eigenvalue weighted by atomic mass is 10.1. The molecule has 5 nitrogen and oxygen atoms in total. The van der Waals surface area contributed by atoms with Crippen LogP contribution in [-0.4, -0.2) is 22.7 Å². The van der Waals surface area contributed by atoms with Crippen LogP contribution in [-0.2, 0) is 11.3 Å². The van der Waals surface area contributed by atoms with Gasteiger partial charge < -0.3 is 4.74 Å². The van der Waals surface area contributed by atoms with Crippen LogP contribution in [0.5, 0.6) is 5.75 Å². The fourth-order valence-electron chi connectivity index (χ4n) is 2.44. The van der Waals surface area contributed by atoms with Crippen LogP contribution in [0.2, 0.25) is 5.02 Å². The Balaban J connectivity index is 1.83. The maximum absolute atomic E-state index is 12.6. The summed E-state index contributed by atoms with van der Waals surface area (Å²) in [6, 6.07) is 16.0. The molecule has 1 aliphatic heterocycles. The average molecular weight is 385 g/mol. The van der Waals surface area contributed by atoms with Crippen molar-refractivity contribution in [1.29, 1.82) is 5.26 Å². The van der Waals surface area contributed by atoms with Crippen molar-refractivity contribution < 1.29 is 14.3 Å². The van der Waals surface area contributed by atoms with E-state index in [4.69, 9.17) is 21.6 Å². The Morgan fingerprint density at radius 1 is 1.19 bits per heavy atom. The van der Waals surface area contributed by atoms with Crippen LogP contribution in [0.4, 0.5) is 4.79 Å². The highest BCUT2D eigenvalue weighted by molar-refractivity contribution is 8.18. The highest BCUT2D eigenvalue weighted by atomic mass is 35.5. The van der Waals surface area contributed by atoms with Gasteiger partial charge in [-0.3, -0.25) is 14.5 Å². The second-order valence-electron chi connectivity index (χ2n) is 5.38. The van der Waals surface area contributed by atoms with Gasteiger partial charge in [0, 0.05) is 10.6 Å². The van der Waals surface area contributed by atoms with Crippen molar-refractivity contribution >= 4 is 40.6 Å². The van der Waals surface area contributed by atoms with Crippen molar-refractivity contribution in [3.8, 4) is 11.8 Å². The van der Waals surface area contributed by atoms with E-state index in [0.717, 1.165) is 17.3 Å². The van der Waals surface area contributed by atoms with Crippen molar-refractivity contribution in [3.63, 3.8) is 0 Å². The van der Waals surface area contributed by atoms with Gasteiger partial charge in [0.15, 0.2) is 6.61 Å². The molecule has 1 saturated heterocycles. The van der Waals surface area contributed by atoms with Crippen LogP contribution in [0, 0.1) is 11.3 Å². The quantitative estimate of drug-likeness (QED) is 0.711. The van der Waals surface area contributed by atoms with Gasteiger partial charge in [0.25, 0.3) is 11.1 Å². The fraction of sp³-hybridized carbons (Fsp3) is 0.105. The number of rotatable bonds is 5. The van der Waals surface area contributed by atoms with Gasteiger partial charge in [-0.1, -0.05) is 41.9 Å². The number of amides is 2. The lowest BCUT2D eigenvalue weighted by Gasteiger charge is -2.12. The van der Waals surface area contributed by atoms with Crippen LogP contribution >= 0.6 is 23.4 Å². The molecule has 2 aromatic rings. The summed E-state index contributed by atoms with van der Waals surface area (Å²) >= 11 is 6.83. The smallest absolute Gasteiger partial charge is 0.293 e. The minimum Gasteiger partial charge on any atom is -0.478 e. The predicted molar refractivity (Wildman–Crippen MR) is 101 cm³/mol. The lowest BCUT2D eigenvalue weighted by Crippen LogP contribution is -2.27. The summed E-state index contributed by atoms with van der Waals surface area (Å²) in [6.07, 6.45) is 1.61. The number of carbonyl (C=O) groups excluding carboxylic acids is 2. The first-order valence-corrected chi connectivity index (χ1v) is 8.86. The number of nitrogens with zero attached hydrogens (tertiary/aromatic N) is 2. The number of ether oxygens (including phenoxy) is 1. The Morgan fingerprint density at radius 3 is 2.77 bits per heavy atom. The molecule has 0 N–H and O–H groups in total. The minimum absolute atomic E-state index is 0.0961. The summed E-state index contributed by atoms with van der Waals surface area (Å²) < 4.78 is 5.35. The maximum atomic E-state index is 12.6. The first-order chi connectivity index (χ1) is 12.6. The number of thioether (sulfide) groups is 1. The molecule has 0 bridgehead atoms. The molecule has 1 aliphatic rings. The van der Waals surface area contributed by atoms with Crippen LogP contribution < -0.4 is 4.74 Å². The van der Waals surface area contributed by atoms with Gasteiger partial charge in [-0.2, -0.15) is 5.26 Å². The molecule has 0 spiro atoms. The number of benzene rings is 2. The van der Waals surface area contributed by atoms with Crippen LogP contribution in [0.3, 0.4) is 0 Å². The first-order valence-electron chi connectivity index (χ1n) is 7.67. The molecule has 0 unspecified atom stereocenters. The summed E-state index contributed by atoms with van der Waals surface area (Å²) in [6.45, 7) is 0.0657. The Hall–Kier alpha value is -2.75. The van der Waals surface area contributed by atoms with E-state index in [-0.39, 0.29) is 24.3 Å². The normalized spacial score (nSPS) is 15.4. The highest BCUT2D eigenvalue weighted by Crippen LogP contribution is 2.35. The number of imide groups is 1. The van der Waals surface area contributed by atoms with Gasteiger partial charge in [0.2, 0.25) is 0 Å². The van der Waals surface area contributed by atoms with E-state index in [1.54, 1.807) is 48.5 Å². The molecule has 1 heterocycles. The molecule has 0 radical (unpaired) electrons. The van der Waals surface area contributed by atoms with Crippen LogP contribution in [0.1, 0.15) is 11.1 Å². The van der Waals surface area contributed by atoms with Crippen LogP contribution in [0.25, 0.3) is 6.08 Å². The Labute approximate surface area is 159 Å². The number of hydrogen-bond donors (Lipinski definition) is 0. The minimum atomic E-state index is -0.366. The SMILES string of the molecule is N#CCOc1ccccc1/C=C1\SC(=O)N(Cc2cccc(Cl)c2)C1=O. The van der Waals surface area contributed by atoms with Gasteiger partial charge in [-0.15, -0.1) is 0 Å². The Morgan fingerprint density at radius 2 is 2.00 bits per heavy atom. The summed E-state index contributed by atoms with van der Waals surface area (Å²) in [5.74, 6) is 0.116. The summed E-state index contributed by atoms with van der Waals surface area (Å²) in [5, 5.41) is 8.88. The number of hydrogen-bond acceptors (Lipinski definition) is 5. The number of para-hydroxylation sites is 1. The highest BCUT2D eigenvalue weighted by Gasteiger charge is 2.35. The van der Waals surface area contributed by atoms with Crippen molar-refractivity contribution in [2.75, 3.05) is 6.61 Å². The van der Waals surface area contributed by atoms with Crippen molar-refractivity contribution in [2.24, 2.45) is 0 Å². The van der Waals surface area contributed by atoms with Crippen molar-refractivity contribution in [1.82, 2.24) is 4.90 Å². The molecule has 0 atom stereocenters. The van der Waals surface area contributed by atoms with E-state index in [0.29, 0.717) is 21.2 Å². The molecule has 130 valence electrons. The molecule has 0 aromatic heterocycles. The molecular formula is C19H13ClN2O3S. The van der Waals surface area contributed by atoms with Gasteiger partial charge in [0.05, 0.1) is 11.4 Å². The van der Waals surface area contributed by atoms with E-state index in [2.05, 4.69) is 0 Å². The average Bonchev–Trinajstić information content (AvgIpc) is 2.88. The topological polar surface area (TPSA) is 70.4 Å². The zero-order valence-corrected chi connectivity index (χ0v) is 15.1. The third kappa shape index (κ3) is 4.07. The number of halogens is 1. The largest absolute Gasteiger partial charge is 0.478 e. The molecule has 0 aliphatic carbocycles. The lowest BCUT2D eigenvalue weighted by molar-refractivity contribution is -0.123. The standard InChI is InChI=1S/C19H13ClN2O3S/c20-15-6-3-4-13(10-15)12-22-18(23)17(26-19(22)24)11-14-5-1-2-7-16(14)25-9-8-21/h1-7,10-11H,9,12H2/b17-11-. The van der Waals surface area contributed by atoms with E-state index >= 15 is 0 Å². The number of carbonyl (C=O) groups is 2. The van der Waals surface area contributed by atoms with Gasteiger partial charge in [0.1, 0.15) is 11.8 Å². The summed E-state index contributed by atoms with van der Waals surface area (Å²) in [4.78, 5) is 26.4. The third-order valence-corrected chi connectivity index (χ3v) is 4.74. The van der Waals surface area contributed by atoms with Crippen molar-refractivity contribution in [3.05, 3.63) is 69.6 Å². The second-order valence-corrected chi connectivity index (χ2v) is 6.81. The molecule has 1 fully saturated rings. The van der Waals surface area contributed by atoms with Gasteiger partial charge >= 0.3 is 0 Å². The zero-order chi connectivity index (χ0) is 18.5. The first kappa shape index (κ1) is 18.1. The van der Waals surface area contributed by atoms with Crippen molar-refractivity contribution in [2.45, 2.75) is 6.54 Å². The monoisotopic (exact) mass is 384 g/mol. The van der Waals surface area contributed by atoms with E-state index < -0.39 is 0 Å². The summed E-state index contributed by atoms with van der Waals surface area (Å²) in [5.41, 5.74) is 1.41. The Kier molecular flexibility index (Phi) is 5.61. The van der Waals surface area contributed by atoms with E-state index in [1.807, 2.05) is 12.1 Å². The van der Waals surface area contributed by atoms with Gasteiger partial charge in [-0.05, 0) is 41.6 Å². The molecule has 2 aromatic carbocycles. The molecule has 3 rings (SSSR count). The predicted octanol–water partition coefficient (Wildman–Crippen LogP) is 4.48. The maximum Gasteiger partial charge on any atom is 0.293 e. The van der Waals surface area contributed by atoms with E-state index in [1.165, 1.54) is 4.90 Å². The zero-order valence-electron chi connectivity index (χ0n) is 13.5. The summed E-state index contributed by atoms with van der Waals surface area (Å²) in [7, 11) is 0. The fourth-order valence-corrected chi connectivity index (χ4v) is 3.48. The third-order valence-electron chi connectivity index (χ3n) is 3.60. The number of nitriles is 1. The molecular weight excluding hydrogens is 372 g/mol. The molecule has 2 amide bonds. The van der Waals surface area contributed by atoms with Crippen LogP contribution in [0.15, 0.2) is 53.4 Å². The molecule has 26 heavy (non-hydrogen) atoms. The molecule has 0 saturated carbocycles.